The highest BCUT2D eigenvalue weighted by Crippen LogP contribution is 2.36. The number of anilines is 1. The molecule has 0 saturated carbocycles. The Morgan fingerprint density at radius 1 is 1.21 bits per heavy atom. The zero-order chi connectivity index (χ0) is 16.9. The molecule has 7 heteroatoms. The number of unbranched alkanes of at least 4 members (excludes halogenated alkanes) is 2. The van der Waals surface area contributed by atoms with Crippen LogP contribution in [0.1, 0.15) is 26.2 Å². The first-order chi connectivity index (χ1) is 11.7. The van der Waals surface area contributed by atoms with Gasteiger partial charge in [0.25, 0.3) is 0 Å². The second-order valence-electron chi connectivity index (χ2n) is 5.95. The summed E-state index contributed by atoms with van der Waals surface area (Å²) in [6.45, 7) is 4.19. The lowest BCUT2D eigenvalue weighted by atomic mass is 10.2. The van der Waals surface area contributed by atoms with Crippen molar-refractivity contribution in [1.29, 1.82) is 0 Å². The van der Waals surface area contributed by atoms with Crippen molar-refractivity contribution in [2.75, 3.05) is 37.9 Å². The van der Waals surface area contributed by atoms with Crippen LogP contribution >= 0.6 is 0 Å². The van der Waals surface area contributed by atoms with Crippen LogP contribution in [0.4, 0.5) is 10.5 Å². The van der Waals surface area contributed by atoms with Crippen molar-refractivity contribution < 1.29 is 19.1 Å². The molecule has 0 bridgehead atoms. The molecule has 1 aromatic rings. The van der Waals surface area contributed by atoms with Crippen LogP contribution in [-0.4, -0.2) is 49.8 Å². The summed E-state index contributed by atoms with van der Waals surface area (Å²) < 4.78 is 10.6. The molecule has 1 N–H and O–H groups in total. The second-order valence-corrected chi connectivity index (χ2v) is 5.95. The Hall–Kier alpha value is -2.44. The molecule has 0 aliphatic carbocycles. The second kappa shape index (κ2) is 7.42. The van der Waals surface area contributed by atoms with Gasteiger partial charge in [0.15, 0.2) is 11.5 Å². The molecule has 3 amide bonds. The fourth-order valence-electron chi connectivity index (χ4n) is 2.85. The summed E-state index contributed by atoms with van der Waals surface area (Å²) in [6, 6.07) is 5.28. The molecule has 0 atom stereocenters. The van der Waals surface area contributed by atoms with E-state index in [4.69, 9.17) is 9.47 Å². The number of fused-ring (bicyclic) bond motifs is 1. The lowest BCUT2D eigenvalue weighted by Gasteiger charge is -2.18. The van der Waals surface area contributed by atoms with Gasteiger partial charge in [-0.1, -0.05) is 19.8 Å². The van der Waals surface area contributed by atoms with Gasteiger partial charge in [-0.15, -0.1) is 0 Å². The quantitative estimate of drug-likeness (QED) is 0.775. The molecule has 7 nitrogen and oxygen atoms in total. The predicted molar refractivity (Wildman–Crippen MR) is 89.4 cm³/mol. The Kier molecular flexibility index (Phi) is 5.08. The number of ether oxygens (including phenoxy) is 2. The molecule has 1 saturated heterocycles. The van der Waals surface area contributed by atoms with Gasteiger partial charge in [0.05, 0.1) is 0 Å². The lowest BCUT2D eigenvalue weighted by Crippen LogP contribution is -2.40. The highest BCUT2D eigenvalue weighted by Gasteiger charge is 2.31. The van der Waals surface area contributed by atoms with Crippen molar-refractivity contribution in [3.8, 4) is 11.5 Å². The maximum absolute atomic E-state index is 12.5. The van der Waals surface area contributed by atoms with Gasteiger partial charge in [-0.05, 0) is 18.6 Å². The molecule has 130 valence electrons. The number of hydrogen-bond donors (Lipinski definition) is 1. The zero-order valence-electron chi connectivity index (χ0n) is 13.9. The minimum Gasteiger partial charge on any atom is -0.454 e. The number of amides is 3. The fourth-order valence-corrected chi connectivity index (χ4v) is 2.85. The molecular formula is C17H23N3O4. The van der Waals surface area contributed by atoms with Gasteiger partial charge in [-0.2, -0.15) is 0 Å². The highest BCUT2D eigenvalue weighted by molar-refractivity contribution is 5.96. The zero-order valence-corrected chi connectivity index (χ0v) is 13.9. The summed E-state index contributed by atoms with van der Waals surface area (Å²) >= 11 is 0. The third kappa shape index (κ3) is 3.55. The maximum atomic E-state index is 12.5. The third-order valence-electron chi connectivity index (χ3n) is 4.20. The van der Waals surface area contributed by atoms with E-state index in [2.05, 4.69) is 12.2 Å². The van der Waals surface area contributed by atoms with E-state index >= 15 is 0 Å². The lowest BCUT2D eigenvalue weighted by molar-refractivity contribution is -0.121. The number of nitrogens with zero attached hydrogens (tertiary/aromatic N) is 2. The van der Waals surface area contributed by atoms with Crippen molar-refractivity contribution in [2.45, 2.75) is 26.2 Å². The summed E-state index contributed by atoms with van der Waals surface area (Å²) in [5.74, 6) is 1.23. The molecular weight excluding hydrogens is 310 g/mol. The van der Waals surface area contributed by atoms with E-state index in [1.165, 1.54) is 0 Å². The number of urea groups is 1. The Labute approximate surface area is 141 Å². The van der Waals surface area contributed by atoms with Crippen LogP contribution in [0.25, 0.3) is 0 Å². The molecule has 24 heavy (non-hydrogen) atoms. The van der Waals surface area contributed by atoms with E-state index in [9.17, 15) is 9.59 Å². The van der Waals surface area contributed by atoms with Gasteiger partial charge < -0.3 is 19.7 Å². The van der Waals surface area contributed by atoms with Crippen LogP contribution in [0.5, 0.6) is 11.5 Å². The number of benzene rings is 1. The van der Waals surface area contributed by atoms with Gasteiger partial charge >= 0.3 is 6.03 Å². The molecule has 2 aliphatic heterocycles. The summed E-state index contributed by atoms with van der Waals surface area (Å²) in [6.07, 6.45) is 3.19. The fraction of sp³-hybridized carbons (Fsp3) is 0.529. The molecule has 1 aromatic carbocycles. The highest BCUT2D eigenvalue weighted by atomic mass is 16.7. The van der Waals surface area contributed by atoms with E-state index in [1.807, 2.05) is 6.07 Å². The van der Waals surface area contributed by atoms with Gasteiger partial charge in [-0.3, -0.25) is 9.69 Å². The smallest absolute Gasteiger partial charge is 0.325 e. The Bertz CT molecular complexity index is 620. The molecule has 0 unspecified atom stereocenters. The number of carbonyl (C=O) groups is 2. The van der Waals surface area contributed by atoms with Gasteiger partial charge in [0.2, 0.25) is 12.7 Å². The van der Waals surface area contributed by atoms with Crippen LogP contribution < -0.4 is 19.7 Å². The van der Waals surface area contributed by atoms with Crippen LogP contribution in [0.2, 0.25) is 0 Å². The Balaban J connectivity index is 1.54. The SMILES string of the molecule is CCCCCNC(=O)CN1CCN(c2ccc3c(c2)OCO3)C1=O. The van der Waals surface area contributed by atoms with Crippen molar-refractivity contribution in [3.63, 3.8) is 0 Å². The number of carbonyl (C=O) groups excluding carboxylic acids is 2. The first-order valence-electron chi connectivity index (χ1n) is 8.42. The Morgan fingerprint density at radius 2 is 2.04 bits per heavy atom. The third-order valence-corrected chi connectivity index (χ3v) is 4.20. The van der Waals surface area contributed by atoms with Gasteiger partial charge in [-0.25, -0.2) is 4.79 Å². The molecule has 0 spiro atoms. The maximum Gasteiger partial charge on any atom is 0.325 e. The predicted octanol–water partition coefficient (Wildman–Crippen LogP) is 1.96. The standard InChI is InChI=1S/C17H23N3O4/c1-2-3-4-7-18-16(21)11-19-8-9-20(17(19)22)13-5-6-14-15(10-13)24-12-23-14/h5-6,10H,2-4,7-9,11-12H2,1H3,(H,18,21). The molecule has 0 aromatic heterocycles. The van der Waals surface area contributed by atoms with Crippen LogP contribution in [0.3, 0.4) is 0 Å². The minimum absolute atomic E-state index is 0.103. The minimum atomic E-state index is -0.155. The summed E-state index contributed by atoms with van der Waals surface area (Å²) in [5.41, 5.74) is 0.759. The summed E-state index contributed by atoms with van der Waals surface area (Å²) in [7, 11) is 0. The van der Waals surface area contributed by atoms with Crippen molar-refractivity contribution in [3.05, 3.63) is 18.2 Å². The number of nitrogens with one attached hydrogen (secondary N) is 1. The average molecular weight is 333 g/mol. The van der Waals surface area contributed by atoms with Gasteiger partial charge in [0.1, 0.15) is 6.54 Å². The van der Waals surface area contributed by atoms with Crippen LogP contribution in [0.15, 0.2) is 18.2 Å². The van der Waals surface area contributed by atoms with Crippen molar-refractivity contribution >= 4 is 17.6 Å². The van der Waals surface area contributed by atoms with E-state index in [-0.39, 0.29) is 25.3 Å². The van der Waals surface area contributed by atoms with Crippen LogP contribution in [0, 0.1) is 0 Å². The monoisotopic (exact) mass is 333 g/mol. The number of hydrogen-bond acceptors (Lipinski definition) is 4. The first-order valence-corrected chi connectivity index (χ1v) is 8.42. The first kappa shape index (κ1) is 16.4. The molecule has 2 aliphatic rings. The Morgan fingerprint density at radius 3 is 2.88 bits per heavy atom. The van der Waals surface area contributed by atoms with E-state index < -0.39 is 0 Å². The summed E-state index contributed by atoms with van der Waals surface area (Å²) in [4.78, 5) is 27.7. The summed E-state index contributed by atoms with van der Waals surface area (Å²) in [5, 5.41) is 2.87. The van der Waals surface area contributed by atoms with E-state index in [1.54, 1.807) is 21.9 Å². The molecule has 1 fully saturated rings. The van der Waals surface area contributed by atoms with Gasteiger partial charge in [0, 0.05) is 31.4 Å². The van der Waals surface area contributed by atoms with Crippen molar-refractivity contribution in [1.82, 2.24) is 10.2 Å². The largest absolute Gasteiger partial charge is 0.454 e. The topological polar surface area (TPSA) is 71.1 Å². The molecule has 0 radical (unpaired) electrons. The normalized spacial score (nSPS) is 16.0. The average Bonchev–Trinajstić information content (AvgIpc) is 3.18. The van der Waals surface area contributed by atoms with Crippen LogP contribution in [-0.2, 0) is 4.79 Å². The van der Waals surface area contributed by atoms with E-state index in [0.717, 1.165) is 24.9 Å². The van der Waals surface area contributed by atoms with Crippen molar-refractivity contribution in [2.24, 2.45) is 0 Å². The molecule has 2 heterocycles. The van der Waals surface area contributed by atoms with E-state index in [0.29, 0.717) is 31.1 Å². The number of rotatable bonds is 7. The molecule has 3 rings (SSSR count).